The van der Waals surface area contributed by atoms with Crippen molar-refractivity contribution < 1.29 is 4.74 Å². The summed E-state index contributed by atoms with van der Waals surface area (Å²) in [7, 11) is 0. The maximum Gasteiger partial charge on any atom is 0.136 e. The van der Waals surface area contributed by atoms with Crippen LogP contribution in [0.2, 0.25) is 0 Å². The number of anilines is 1. The maximum atomic E-state index is 6.09. The standard InChI is InChI=1S/C30H39N7O/c1-6-30(28-29(38-28)34-20(2)3)10-13-35(14-11-30)27-8-7-22(16-31-27)25-15-23(18-37-26(25)9-12-32-37)24-17-33-36(19-24)21(4)5/h7-9,12,15-21,28-29,34H,6,10-11,13-14H2,1-5H3. The van der Waals surface area contributed by atoms with Crippen molar-refractivity contribution in [3.8, 4) is 22.3 Å². The van der Waals surface area contributed by atoms with Gasteiger partial charge in [-0.2, -0.15) is 10.2 Å². The van der Waals surface area contributed by atoms with Gasteiger partial charge in [0.25, 0.3) is 0 Å². The lowest BCUT2D eigenvalue weighted by atomic mass is 9.73. The number of hydrogen-bond donors (Lipinski definition) is 1. The molecule has 8 nitrogen and oxygen atoms in total. The lowest BCUT2D eigenvalue weighted by molar-refractivity contribution is 0.145. The Morgan fingerprint density at radius 1 is 1.00 bits per heavy atom. The third-order valence-corrected chi connectivity index (χ3v) is 8.41. The zero-order valence-electron chi connectivity index (χ0n) is 23.1. The van der Waals surface area contributed by atoms with Gasteiger partial charge in [-0.25, -0.2) is 9.50 Å². The van der Waals surface area contributed by atoms with Crippen LogP contribution in [0, 0.1) is 5.41 Å². The number of fused-ring (bicyclic) bond motifs is 1. The van der Waals surface area contributed by atoms with Gasteiger partial charge in [0.1, 0.15) is 18.1 Å². The number of rotatable bonds is 8. The molecule has 0 spiro atoms. The van der Waals surface area contributed by atoms with Crippen LogP contribution >= 0.6 is 0 Å². The molecule has 6 heterocycles. The third-order valence-electron chi connectivity index (χ3n) is 8.41. The van der Waals surface area contributed by atoms with E-state index in [1.54, 1.807) is 0 Å². The maximum absolute atomic E-state index is 6.09. The largest absolute Gasteiger partial charge is 0.357 e. The lowest BCUT2D eigenvalue weighted by Gasteiger charge is -2.41. The number of hydrogen-bond acceptors (Lipinski definition) is 6. The second-order valence-corrected chi connectivity index (χ2v) is 11.5. The van der Waals surface area contributed by atoms with E-state index in [-0.39, 0.29) is 11.6 Å². The molecule has 4 aromatic rings. The van der Waals surface area contributed by atoms with Crippen LogP contribution in [0.3, 0.4) is 0 Å². The van der Waals surface area contributed by atoms with Crippen molar-refractivity contribution in [2.45, 2.75) is 78.3 Å². The fraction of sp³-hybridized carbons (Fsp3) is 0.500. The quantitative estimate of drug-likeness (QED) is 0.311. The second-order valence-electron chi connectivity index (χ2n) is 11.5. The minimum absolute atomic E-state index is 0.217. The monoisotopic (exact) mass is 513 g/mol. The smallest absolute Gasteiger partial charge is 0.136 e. The minimum atomic E-state index is 0.217. The van der Waals surface area contributed by atoms with E-state index < -0.39 is 0 Å². The van der Waals surface area contributed by atoms with Gasteiger partial charge in [0.2, 0.25) is 0 Å². The van der Waals surface area contributed by atoms with E-state index in [9.17, 15) is 0 Å². The average Bonchev–Trinajstić information content (AvgIpc) is 3.31. The molecular weight excluding hydrogens is 474 g/mol. The van der Waals surface area contributed by atoms with Gasteiger partial charge in [0.05, 0.1) is 11.7 Å². The van der Waals surface area contributed by atoms with Crippen molar-refractivity contribution >= 4 is 11.3 Å². The number of piperidine rings is 1. The number of pyridine rings is 2. The van der Waals surface area contributed by atoms with Gasteiger partial charge in [-0.3, -0.25) is 10.00 Å². The van der Waals surface area contributed by atoms with Gasteiger partial charge >= 0.3 is 0 Å². The molecule has 200 valence electrons. The highest BCUT2D eigenvalue weighted by atomic mass is 16.6. The Kier molecular flexibility index (Phi) is 6.48. The van der Waals surface area contributed by atoms with Crippen LogP contribution in [-0.4, -0.2) is 55.8 Å². The molecule has 2 aliphatic heterocycles. The molecule has 2 aliphatic rings. The molecule has 2 unspecified atom stereocenters. The summed E-state index contributed by atoms with van der Waals surface area (Å²) in [6.45, 7) is 13.0. The van der Waals surface area contributed by atoms with Crippen molar-refractivity contribution in [2.75, 3.05) is 18.0 Å². The molecular formula is C30H39N7O. The summed E-state index contributed by atoms with van der Waals surface area (Å²) in [4.78, 5) is 7.35. The van der Waals surface area contributed by atoms with Crippen LogP contribution in [-0.2, 0) is 4.74 Å². The van der Waals surface area contributed by atoms with Crippen molar-refractivity contribution in [3.63, 3.8) is 0 Å². The Labute approximate surface area is 225 Å². The van der Waals surface area contributed by atoms with Crippen LogP contribution in [0.1, 0.15) is 59.9 Å². The topological polar surface area (TPSA) is 75.8 Å². The predicted molar refractivity (Wildman–Crippen MR) is 151 cm³/mol. The molecule has 0 saturated carbocycles. The Bertz CT molecular complexity index is 1400. The molecule has 0 aliphatic carbocycles. The van der Waals surface area contributed by atoms with Crippen LogP contribution in [0.5, 0.6) is 0 Å². The first-order valence-electron chi connectivity index (χ1n) is 14.0. The van der Waals surface area contributed by atoms with Crippen molar-refractivity contribution in [1.82, 2.24) is 29.7 Å². The van der Waals surface area contributed by atoms with Crippen molar-refractivity contribution in [3.05, 3.63) is 55.2 Å². The molecule has 2 atom stereocenters. The third kappa shape index (κ3) is 4.60. The first-order chi connectivity index (χ1) is 18.4. The Balaban J connectivity index is 1.20. The highest BCUT2D eigenvalue weighted by Gasteiger charge is 2.54. The van der Waals surface area contributed by atoms with Crippen LogP contribution < -0.4 is 10.2 Å². The summed E-state index contributed by atoms with van der Waals surface area (Å²) < 4.78 is 10.0. The Morgan fingerprint density at radius 3 is 2.47 bits per heavy atom. The summed E-state index contributed by atoms with van der Waals surface area (Å²) >= 11 is 0. The summed E-state index contributed by atoms with van der Waals surface area (Å²) in [6.07, 6.45) is 13.9. The number of nitrogens with zero attached hydrogens (tertiary/aromatic N) is 6. The number of aromatic nitrogens is 5. The van der Waals surface area contributed by atoms with Gasteiger partial charge in [-0.1, -0.05) is 6.92 Å². The Hall–Kier alpha value is -3.23. The average molecular weight is 514 g/mol. The normalized spacial score (nSPS) is 21.1. The molecule has 2 saturated heterocycles. The predicted octanol–water partition coefficient (Wildman–Crippen LogP) is 5.56. The number of nitrogens with one attached hydrogen (secondary N) is 1. The second kappa shape index (κ2) is 9.82. The molecule has 38 heavy (non-hydrogen) atoms. The molecule has 4 aromatic heterocycles. The fourth-order valence-corrected chi connectivity index (χ4v) is 5.97. The van der Waals surface area contributed by atoms with Gasteiger partial charge in [-0.15, -0.1) is 0 Å². The molecule has 0 amide bonds. The van der Waals surface area contributed by atoms with Gasteiger partial charge in [-0.05, 0) is 71.2 Å². The van der Waals surface area contributed by atoms with Gasteiger partial charge < -0.3 is 9.64 Å². The highest BCUT2D eigenvalue weighted by Crippen LogP contribution is 2.48. The van der Waals surface area contributed by atoms with E-state index in [0.29, 0.717) is 18.2 Å². The van der Waals surface area contributed by atoms with Gasteiger partial charge in [0.15, 0.2) is 0 Å². The summed E-state index contributed by atoms with van der Waals surface area (Å²) in [5, 5.41) is 12.6. The number of epoxide rings is 1. The molecule has 8 heteroatoms. The van der Waals surface area contributed by atoms with Crippen molar-refractivity contribution in [1.29, 1.82) is 0 Å². The minimum Gasteiger partial charge on any atom is -0.357 e. The van der Waals surface area contributed by atoms with E-state index in [4.69, 9.17) is 9.72 Å². The molecule has 1 N–H and O–H groups in total. The van der Waals surface area contributed by atoms with E-state index in [1.165, 1.54) is 0 Å². The fourth-order valence-electron chi connectivity index (χ4n) is 5.97. The zero-order chi connectivity index (χ0) is 26.4. The summed E-state index contributed by atoms with van der Waals surface area (Å²) in [6, 6.07) is 9.41. The molecule has 0 radical (unpaired) electrons. The summed E-state index contributed by atoms with van der Waals surface area (Å²) in [5.74, 6) is 1.05. The van der Waals surface area contributed by atoms with Crippen LogP contribution in [0.15, 0.2) is 55.2 Å². The SMILES string of the molecule is CCC1(C2OC2NC(C)C)CCN(c2ccc(-c3cc(-c4cnn(C(C)C)c4)cn4nccc34)cn2)CC1. The first-order valence-corrected chi connectivity index (χ1v) is 14.0. The molecule has 2 fully saturated rings. The highest BCUT2D eigenvalue weighted by molar-refractivity contribution is 5.84. The molecule has 0 bridgehead atoms. The lowest BCUT2D eigenvalue weighted by Crippen LogP contribution is -2.44. The molecule has 6 rings (SSSR count). The van der Waals surface area contributed by atoms with E-state index >= 15 is 0 Å². The Morgan fingerprint density at radius 2 is 1.82 bits per heavy atom. The van der Waals surface area contributed by atoms with Crippen LogP contribution in [0.4, 0.5) is 5.82 Å². The van der Waals surface area contributed by atoms with E-state index in [0.717, 1.165) is 65.9 Å². The van der Waals surface area contributed by atoms with E-state index in [2.05, 4.69) is 91.7 Å². The zero-order valence-corrected chi connectivity index (χ0v) is 23.1. The summed E-state index contributed by atoms with van der Waals surface area (Å²) in [5.41, 5.74) is 5.72. The van der Waals surface area contributed by atoms with Crippen LogP contribution in [0.25, 0.3) is 27.8 Å². The molecule has 0 aromatic carbocycles. The first kappa shape index (κ1) is 25.1. The van der Waals surface area contributed by atoms with E-state index in [1.807, 2.05) is 27.8 Å². The number of ether oxygens (including phenoxy) is 1. The van der Waals surface area contributed by atoms with Crippen molar-refractivity contribution in [2.24, 2.45) is 5.41 Å². The van der Waals surface area contributed by atoms with Gasteiger partial charge in [0, 0.05) is 77.6 Å².